The number of hydrogen-bond acceptors (Lipinski definition) is 4. The van der Waals surface area contributed by atoms with E-state index in [1.807, 2.05) is 0 Å². The summed E-state index contributed by atoms with van der Waals surface area (Å²) >= 11 is 0. The highest BCUT2D eigenvalue weighted by atomic mass is 15.4. The zero-order valence-corrected chi connectivity index (χ0v) is 6.76. The molecular formula is C6H13N5. The van der Waals surface area contributed by atoms with Crippen LogP contribution in [-0.4, -0.2) is 15.2 Å². The number of aromatic amines is 1. The van der Waals surface area contributed by atoms with Crippen molar-refractivity contribution in [3.63, 3.8) is 0 Å². The summed E-state index contributed by atoms with van der Waals surface area (Å²) in [6, 6.07) is 0. The Kier molecular flexibility index (Phi) is 2.43. The van der Waals surface area contributed by atoms with Crippen LogP contribution >= 0.6 is 0 Å². The molecule has 5 heteroatoms. The lowest BCUT2D eigenvalue weighted by Crippen LogP contribution is -2.08. The Morgan fingerprint density at radius 3 is 2.82 bits per heavy atom. The SMILES string of the molecule is CC(C)Cc1nc(NN)n[nH]1. The Labute approximate surface area is 65.4 Å². The normalized spacial score (nSPS) is 10.5. The maximum Gasteiger partial charge on any atom is 0.256 e. The lowest BCUT2D eigenvalue weighted by Gasteiger charge is -1.97. The highest BCUT2D eigenvalue weighted by molar-refractivity contribution is 5.19. The molecule has 1 heterocycles. The minimum absolute atomic E-state index is 0.445. The first-order chi connectivity index (χ1) is 5.22. The maximum absolute atomic E-state index is 5.10. The zero-order valence-electron chi connectivity index (χ0n) is 6.76. The quantitative estimate of drug-likeness (QED) is 0.433. The average Bonchev–Trinajstić information content (AvgIpc) is 2.34. The van der Waals surface area contributed by atoms with Crippen LogP contribution in [0.5, 0.6) is 0 Å². The number of nitrogens with two attached hydrogens (primary N) is 1. The van der Waals surface area contributed by atoms with Crippen molar-refractivity contribution in [1.82, 2.24) is 15.2 Å². The Balaban J connectivity index is 2.58. The van der Waals surface area contributed by atoms with Crippen molar-refractivity contribution in [2.24, 2.45) is 11.8 Å². The van der Waals surface area contributed by atoms with Crippen LogP contribution in [0.1, 0.15) is 19.7 Å². The van der Waals surface area contributed by atoms with E-state index in [0.717, 1.165) is 12.2 Å². The summed E-state index contributed by atoms with van der Waals surface area (Å²) in [4.78, 5) is 4.07. The number of aromatic nitrogens is 3. The van der Waals surface area contributed by atoms with Crippen LogP contribution in [0.3, 0.4) is 0 Å². The van der Waals surface area contributed by atoms with Gasteiger partial charge in [0.15, 0.2) is 0 Å². The third kappa shape index (κ3) is 2.19. The highest BCUT2D eigenvalue weighted by Crippen LogP contribution is 2.03. The molecule has 0 amide bonds. The topological polar surface area (TPSA) is 79.6 Å². The summed E-state index contributed by atoms with van der Waals surface area (Å²) < 4.78 is 0. The smallest absolute Gasteiger partial charge is 0.256 e. The molecule has 0 saturated carbocycles. The maximum atomic E-state index is 5.10. The Morgan fingerprint density at radius 2 is 2.36 bits per heavy atom. The predicted octanol–water partition coefficient (Wildman–Crippen LogP) is 0.289. The largest absolute Gasteiger partial charge is 0.291 e. The number of hydrogen-bond donors (Lipinski definition) is 3. The van der Waals surface area contributed by atoms with Crippen molar-refractivity contribution in [2.75, 3.05) is 5.43 Å². The number of nitrogen functional groups attached to an aromatic ring is 1. The van der Waals surface area contributed by atoms with E-state index in [1.165, 1.54) is 0 Å². The number of nitrogens with zero attached hydrogens (tertiary/aromatic N) is 2. The van der Waals surface area contributed by atoms with Crippen LogP contribution in [0.4, 0.5) is 5.95 Å². The lowest BCUT2D eigenvalue weighted by molar-refractivity contribution is 0.622. The molecule has 0 aliphatic carbocycles. The fraction of sp³-hybridized carbons (Fsp3) is 0.667. The second kappa shape index (κ2) is 3.34. The molecule has 4 N–H and O–H groups in total. The van der Waals surface area contributed by atoms with Crippen molar-refractivity contribution in [2.45, 2.75) is 20.3 Å². The molecule has 1 aromatic heterocycles. The van der Waals surface area contributed by atoms with Crippen LogP contribution in [-0.2, 0) is 6.42 Å². The average molecular weight is 155 g/mol. The van der Waals surface area contributed by atoms with Gasteiger partial charge in [0, 0.05) is 6.42 Å². The number of nitrogens with one attached hydrogen (secondary N) is 2. The van der Waals surface area contributed by atoms with Crippen molar-refractivity contribution in [1.29, 1.82) is 0 Å². The van der Waals surface area contributed by atoms with Gasteiger partial charge in [-0.05, 0) is 5.92 Å². The van der Waals surface area contributed by atoms with Gasteiger partial charge in [-0.15, -0.1) is 5.10 Å². The Morgan fingerprint density at radius 1 is 1.64 bits per heavy atom. The van der Waals surface area contributed by atoms with E-state index < -0.39 is 0 Å². The first kappa shape index (κ1) is 8.00. The molecule has 0 unspecified atom stereocenters. The predicted molar refractivity (Wildman–Crippen MR) is 42.7 cm³/mol. The van der Waals surface area contributed by atoms with Gasteiger partial charge >= 0.3 is 0 Å². The second-order valence-electron chi connectivity index (χ2n) is 2.85. The lowest BCUT2D eigenvalue weighted by atomic mass is 10.1. The molecule has 1 aromatic rings. The van der Waals surface area contributed by atoms with Gasteiger partial charge in [0.25, 0.3) is 5.95 Å². The molecule has 0 bridgehead atoms. The van der Waals surface area contributed by atoms with E-state index in [2.05, 4.69) is 34.5 Å². The summed E-state index contributed by atoms with van der Waals surface area (Å²) in [5.41, 5.74) is 2.37. The minimum atomic E-state index is 0.445. The highest BCUT2D eigenvalue weighted by Gasteiger charge is 2.02. The molecule has 0 aromatic carbocycles. The third-order valence-electron chi connectivity index (χ3n) is 1.26. The summed E-state index contributed by atoms with van der Waals surface area (Å²) in [5.74, 6) is 6.99. The molecule has 1 rings (SSSR count). The van der Waals surface area contributed by atoms with E-state index >= 15 is 0 Å². The molecule has 11 heavy (non-hydrogen) atoms. The number of hydrazine groups is 1. The molecule has 0 aliphatic heterocycles. The second-order valence-corrected chi connectivity index (χ2v) is 2.85. The molecule has 0 fully saturated rings. The fourth-order valence-corrected chi connectivity index (χ4v) is 0.838. The van der Waals surface area contributed by atoms with Crippen LogP contribution in [0.15, 0.2) is 0 Å². The molecule has 0 saturated heterocycles. The first-order valence-electron chi connectivity index (χ1n) is 3.60. The number of anilines is 1. The third-order valence-corrected chi connectivity index (χ3v) is 1.26. The molecule has 0 aliphatic rings. The van der Waals surface area contributed by atoms with Gasteiger partial charge in [-0.1, -0.05) is 13.8 Å². The number of rotatable bonds is 3. The summed E-state index contributed by atoms with van der Waals surface area (Å²) in [6.45, 7) is 4.25. The monoisotopic (exact) mass is 155 g/mol. The first-order valence-corrected chi connectivity index (χ1v) is 3.60. The van der Waals surface area contributed by atoms with E-state index in [1.54, 1.807) is 0 Å². The van der Waals surface area contributed by atoms with Gasteiger partial charge in [-0.25, -0.2) is 5.84 Å². The molecule has 5 nitrogen and oxygen atoms in total. The number of H-pyrrole nitrogens is 1. The molecule has 0 atom stereocenters. The van der Waals surface area contributed by atoms with Gasteiger partial charge in [-0.3, -0.25) is 10.5 Å². The van der Waals surface area contributed by atoms with Crippen LogP contribution in [0.2, 0.25) is 0 Å². The van der Waals surface area contributed by atoms with Gasteiger partial charge in [0.2, 0.25) is 0 Å². The molecule has 62 valence electrons. The van der Waals surface area contributed by atoms with E-state index in [0.29, 0.717) is 11.9 Å². The van der Waals surface area contributed by atoms with Crippen molar-refractivity contribution < 1.29 is 0 Å². The van der Waals surface area contributed by atoms with Crippen molar-refractivity contribution >= 4 is 5.95 Å². The Hall–Kier alpha value is -1.10. The van der Waals surface area contributed by atoms with Gasteiger partial charge in [0.1, 0.15) is 5.82 Å². The van der Waals surface area contributed by atoms with Crippen LogP contribution in [0, 0.1) is 5.92 Å². The van der Waals surface area contributed by atoms with E-state index in [-0.39, 0.29) is 0 Å². The standard InChI is InChI=1S/C6H13N5/c1-4(2)3-5-8-6(9-7)11-10-5/h4H,3,7H2,1-2H3,(H2,8,9,10,11). The zero-order chi connectivity index (χ0) is 8.27. The van der Waals surface area contributed by atoms with Gasteiger partial charge in [-0.2, -0.15) is 4.98 Å². The molecular weight excluding hydrogens is 142 g/mol. The summed E-state index contributed by atoms with van der Waals surface area (Å²) in [7, 11) is 0. The van der Waals surface area contributed by atoms with Crippen LogP contribution in [0.25, 0.3) is 0 Å². The summed E-state index contributed by atoms with van der Waals surface area (Å²) in [6.07, 6.45) is 0.898. The Bertz CT molecular complexity index is 217. The molecule has 0 radical (unpaired) electrons. The molecule has 0 spiro atoms. The fourth-order valence-electron chi connectivity index (χ4n) is 0.838. The summed E-state index contributed by atoms with van der Waals surface area (Å²) in [5, 5.41) is 6.60. The van der Waals surface area contributed by atoms with Gasteiger partial charge < -0.3 is 0 Å². The van der Waals surface area contributed by atoms with E-state index in [9.17, 15) is 0 Å². The van der Waals surface area contributed by atoms with Crippen LogP contribution < -0.4 is 11.3 Å². The minimum Gasteiger partial charge on any atom is -0.291 e. The van der Waals surface area contributed by atoms with Gasteiger partial charge in [0.05, 0.1) is 0 Å². The van der Waals surface area contributed by atoms with Crippen molar-refractivity contribution in [3.8, 4) is 0 Å². The van der Waals surface area contributed by atoms with Crippen molar-refractivity contribution in [3.05, 3.63) is 5.82 Å². The van der Waals surface area contributed by atoms with E-state index in [4.69, 9.17) is 5.84 Å².